The topological polar surface area (TPSA) is 38.0 Å². The van der Waals surface area contributed by atoms with Crippen LogP contribution in [0.1, 0.15) is 0 Å². The molecule has 3 N–H and O–H groups in total. The van der Waals surface area contributed by atoms with Crippen LogP contribution in [0.2, 0.25) is 0 Å². The van der Waals surface area contributed by atoms with Crippen molar-refractivity contribution in [2.45, 2.75) is 0 Å². The zero-order valence-electron chi connectivity index (χ0n) is 8.98. The van der Waals surface area contributed by atoms with Crippen LogP contribution in [0.15, 0.2) is 30.3 Å². The highest BCUT2D eigenvalue weighted by atomic mass is 127. The lowest BCUT2D eigenvalue weighted by atomic mass is 10.2. The Balaban J connectivity index is 2.37. The van der Waals surface area contributed by atoms with Crippen LogP contribution in [0.4, 0.5) is 30.2 Å². The Bertz CT molecular complexity index is 602. The average Bonchev–Trinajstić information content (AvgIpc) is 2.29. The summed E-state index contributed by atoms with van der Waals surface area (Å²) < 4.78 is 40.1. The van der Waals surface area contributed by atoms with Crippen LogP contribution < -0.4 is 11.1 Å². The summed E-state index contributed by atoms with van der Waals surface area (Å²) in [5.41, 5.74) is 6.39. The lowest BCUT2D eigenvalue weighted by Gasteiger charge is -2.10. The number of halogens is 4. The Morgan fingerprint density at radius 3 is 2.22 bits per heavy atom. The van der Waals surface area contributed by atoms with E-state index >= 15 is 0 Å². The number of benzene rings is 2. The van der Waals surface area contributed by atoms with Crippen LogP contribution in [0, 0.1) is 21.0 Å². The second-order valence-corrected chi connectivity index (χ2v) is 4.85. The van der Waals surface area contributed by atoms with Crippen LogP contribution in [0.25, 0.3) is 0 Å². The van der Waals surface area contributed by atoms with Crippen molar-refractivity contribution < 1.29 is 13.2 Å². The molecule has 0 unspecified atom stereocenters. The third-order valence-electron chi connectivity index (χ3n) is 2.29. The zero-order valence-corrected chi connectivity index (χ0v) is 11.1. The Hall–Kier alpha value is -1.44. The Morgan fingerprint density at radius 2 is 1.56 bits per heavy atom. The summed E-state index contributed by atoms with van der Waals surface area (Å²) in [5.74, 6) is -3.23. The van der Waals surface area contributed by atoms with Crippen molar-refractivity contribution in [2.75, 3.05) is 11.1 Å². The van der Waals surface area contributed by atoms with E-state index in [4.69, 9.17) is 5.73 Å². The maximum Gasteiger partial charge on any atom is 0.161 e. The first-order valence-electron chi connectivity index (χ1n) is 4.94. The van der Waals surface area contributed by atoms with Crippen molar-refractivity contribution in [1.82, 2.24) is 0 Å². The van der Waals surface area contributed by atoms with E-state index in [9.17, 15) is 13.2 Å². The molecule has 0 aliphatic heterocycles. The summed E-state index contributed by atoms with van der Waals surface area (Å²) in [5, 5.41) is 2.63. The molecule has 0 bridgehead atoms. The van der Waals surface area contributed by atoms with E-state index in [2.05, 4.69) is 27.9 Å². The quantitative estimate of drug-likeness (QED) is 0.480. The second kappa shape index (κ2) is 5.05. The molecule has 0 radical (unpaired) electrons. The van der Waals surface area contributed by atoms with Gasteiger partial charge in [0.25, 0.3) is 0 Å². The molecule has 0 saturated carbocycles. The molecule has 18 heavy (non-hydrogen) atoms. The van der Waals surface area contributed by atoms with Gasteiger partial charge in [-0.25, -0.2) is 13.2 Å². The lowest BCUT2D eigenvalue weighted by molar-refractivity contribution is 0.496. The van der Waals surface area contributed by atoms with Gasteiger partial charge in [-0.15, -0.1) is 0 Å². The molecular formula is C12H8F3IN2. The highest BCUT2D eigenvalue weighted by Crippen LogP contribution is 2.27. The summed E-state index contributed by atoms with van der Waals surface area (Å²) in [6, 6.07) is 6.32. The fourth-order valence-corrected chi connectivity index (χ4v) is 1.93. The van der Waals surface area contributed by atoms with Crippen molar-refractivity contribution in [3.05, 3.63) is 51.4 Å². The predicted molar refractivity (Wildman–Crippen MR) is 73.2 cm³/mol. The molecule has 2 aromatic carbocycles. The van der Waals surface area contributed by atoms with Gasteiger partial charge in [0.2, 0.25) is 0 Å². The molecule has 0 saturated heterocycles. The third kappa shape index (κ3) is 2.69. The van der Waals surface area contributed by atoms with Crippen molar-refractivity contribution in [1.29, 1.82) is 0 Å². The first-order chi connectivity index (χ1) is 8.47. The average molecular weight is 364 g/mol. The fraction of sp³-hybridized carbons (Fsp3) is 0. The predicted octanol–water partition coefficient (Wildman–Crippen LogP) is 4.03. The monoisotopic (exact) mass is 364 g/mol. The Morgan fingerprint density at radius 1 is 0.889 bits per heavy atom. The number of anilines is 3. The minimum atomic E-state index is -1.23. The molecule has 0 aliphatic rings. The highest BCUT2D eigenvalue weighted by molar-refractivity contribution is 14.1. The second-order valence-electron chi connectivity index (χ2n) is 3.60. The summed E-state index contributed by atoms with van der Waals surface area (Å²) in [6.07, 6.45) is 0. The van der Waals surface area contributed by atoms with Gasteiger partial charge in [-0.3, -0.25) is 0 Å². The van der Waals surface area contributed by atoms with Crippen LogP contribution in [-0.4, -0.2) is 0 Å². The molecule has 94 valence electrons. The van der Waals surface area contributed by atoms with Gasteiger partial charge < -0.3 is 11.1 Å². The van der Waals surface area contributed by atoms with E-state index in [0.29, 0.717) is 17.4 Å². The fourth-order valence-electron chi connectivity index (χ4n) is 1.41. The van der Waals surface area contributed by atoms with Gasteiger partial charge in [0.1, 0.15) is 5.82 Å². The van der Waals surface area contributed by atoms with Gasteiger partial charge in [0.05, 0.1) is 17.1 Å². The molecule has 0 spiro atoms. The van der Waals surface area contributed by atoms with Crippen molar-refractivity contribution >= 4 is 39.7 Å². The third-order valence-corrected chi connectivity index (χ3v) is 2.96. The van der Waals surface area contributed by atoms with Gasteiger partial charge in [-0.2, -0.15) is 0 Å². The number of nitrogens with two attached hydrogens (primary N) is 1. The van der Waals surface area contributed by atoms with Gasteiger partial charge in [0.15, 0.2) is 11.6 Å². The van der Waals surface area contributed by atoms with E-state index in [-0.39, 0.29) is 5.69 Å². The summed E-state index contributed by atoms with van der Waals surface area (Å²) in [7, 11) is 0. The SMILES string of the molecule is Nc1cc(I)ccc1Nc1cc(F)c(F)cc1F. The molecule has 2 rings (SSSR count). The zero-order chi connectivity index (χ0) is 13.3. The summed E-state index contributed by atoms with van der Waals surface area (Å²) >= 11 is 2.08. The number of hydrogen-bond donors (Lipinski definition) is 2. The van der Waals surface area contributed by atoms with Gasteiger partial charge >= 0.3 is 0 Å². The largest absolute Gasteiger partial charge is 0.397 e. The molecule has 0 aliphatic carbocycles. The maximum atomic E-state index is 13.4. The standard InChI is InChI=1S/C12H8F3IN2/c13-7-4-9(15)12(5-8(7)14)18-11-2-1-6(16)3-10(11)17/h1-5,18H,17H2. The summed E-state index contributed by atoms with van der Waals surface area (Å²) in [4.78, 5) is 0. The smallest absolute Gasteiger partial charge is 0.161 e. The minimum absolute atomic E-state index is 0.165. The van der Waals surface area contributed by atoms with Crippen molar-refractivity contribution in [3.8, 4) is 0 Å². The number of rotatable bonds is 2. The molecule has 0 fully saturated rings. The maximum absolute atomic E-state index is 13.4. The first-order valence-corrected chi connectivity index (χ1v) is 6.02. The summed E-state index contributed by atoms with van der Waals surface area (Å²) in [6.45, 7) is 0. The molecule has 0 amide bonds. The molecular weight excluding hydrogens is 356 g/mol. The number of nitrogen functional groups attached to an aromatic ring is 1. The molecule has 0 aromatic heterocycles. The Labute approximate surface area is 115 Å². The minimum Gasteiger partial charge on any atom is -0.397 e. The van der Waals surface area contributed by atoms with E-state index in [0.717, 1.165) is 9.64 Å². The van der Waals surface area contributed by atoms with E-state index < -0.39 is 17.5 Å². The number of nitrogens with one attached hydrogen (secondary N) is 1. The van der Waals surface area contributed by atoms with Gasteiger partial charge in [0, 0.05) is 15.7 Å². The molecule has 0 heterocycles. The molecule has 0 atom stereocenters. The van der Waals surface area contributed by atoms with Crippen LogP contribution in [0.3, 0.4) is 0 Å². The van der Waals surface area contributed by atoms with Gasteiger partial charge in [-0.05, 0) is 40.8 Å². The van der Waals surface area contributed by atoms with E-state index in [1.165, 1.54) is 0 Å². The van der Waals surface area contributed by atoms with Gasteiger partial charge in [-0.1, -0.05) is 0 Å². The van der Waals surface area contributed by atoms with E-state index in [1.54, 1.807) is 18.2 Å². The van der Waals surface area contributed by atoms with Crippen molar-refractivity contribution in [2.24, 2.45) is 0 Å². The normalized spacial score (nSPS) is 10.4. The van der Waals surface area contributed by atoms with Crippen LogP contribution in [0.5, 0.6) is 0 Å². The molecule has 2 nitrogen and oxygen atoms in total. The first kappa shape index (κ1) is 13.0. The highest BCUT2D eigenvalue weighted by Gasteiger charge is 2.10. The van der Waals surface area contributed by atoms with Crippen LogP contribution in [-0.2, 0) is 0 Å². The molecule has 2 aromatic rings. The lowest BCUT2D eigenvalue weighted by Crippen LogP contribution is -2.00. The Kier molecular flexibility index (Phi) is 3.65. The van der Waals surface area contributed by atoms with Crippen molar-refractivity contribution in [3.63, 3.8) is 0 Å². The van der Waals surface area contributed by atoms with E-state index in [1.807, 2.05) is 0 Å². The molecule has 6 heteroatoms. The van der Waals surface area contributed by atoms with Crippen LogP contribution >= 0.6 is 22.6 Å². The number of hydrogen-bond acceptors (Lipinski definition) is 2.